The first-order valence-electron chi connectivity index (χ1n) is 7.44. The minimum absolute atomic E-state index is 0.0691. The van der Waals surface area contributed by atoms with Crippen molar-refractivity contribution in [2.75, 3.05) is 18.4 Å². The lowest BCUT2D eigenvalue weighted by molar-refractivity contribution is -0.121. The molecule has 20 heavy (non-hydrogen) atoms. The van der Waals surface area contributed by atoms with E-state index >= 15 is 0 Å². The molecule has 110 valence electrons. The van der Waals surface area contributed by atoms with Crippen LogP contribution in [0.3, 0.4) is 0 Å². The molecule has 0 radical (unpaired) electrons. The highest BCUT2D eigenvalue weighted by molar-refractivity contribution is 5.94. The quantitative estimate of drug-likeness (QED) is 0.885. The molecule has 1 saturated heterocycles. The molecule has 0 bridgehead atoms. The van der Waals surface area contributed by atoms with E-state index in [0.29, 0.717) is 12.5 Å². The molecule has 4 nitrogen and oxygen atoms in total. The number of nitrogens with zero attached hydrogens (tertiary/aromatic N) is 1. The predicted octanol–water partition coefficient (Wildman–Crippen LogP) is 2.20. The zero-order valence-corrected chi connectivity index (χ0v) is 12.4. The summed E-state index contributed by atoms with van der Waals surface area (Å²) in [4.78, 5) is 14.6. The number of benzene rings is 1. The van der Waals surface area contributed by atoms with Crippen LogP contribution in [0.1, 0.15) is 32.3 Å². The zero-order chi connectivity index (χ0) is 14.5. The highest BCUT2D eigenvalue weighted by atomic mass is 16.2. The number of piperidine rings is 1. The molecule has 3 N–H and O–H groups in total. The fourth-order valence-electron chi connectivity index (χ4n) is 2.71. The molecule has 1 fully saturated rings. The van der Waals surface area contributed by atoms with Gasteiger partial charge in [0.1, 0.15) is 0 Å². The highest BCUT2D eigenvalue weighted by Crippen LogP contribution is 2.18. The summed E-state index contributed by atoms with van der Waals surface area (Å²) < 4.78 is 0. The van der Waals surface area contributed by atoms with Gasteiger partial charge in [0, 0.05) is 18.8 Å². The zero-order valence-electron chi connectivity index (χ0n) is 12.4. The predicted molar refractivity (Wildman–Crippen MR) is 82.4 cm³/mol. The highest BCUT2D eigenvalue weighted by Gasteiger charge is 2.25. The van der Waals surface area contributed by atoms with Gasteiger partial charge in [-0.15, -0.1) is 0 Å². The van der Waals surface area contributed by atoms with Crippen LogP contribution in [0.4, 0.5) is 5.69 Å². The maximum Gasteiger partial charge on any atom is 0.241 e. The van der Waals surface area contributed by atoms with Crippen molar-refractivity contribution in [3.8, 4) is 0 Å². The molecule has 4 heteroatoms. The average Bonchev–Trinajstić information content (AvgIpc) is 2.47. The molecular formula is C16H25N3O. The van der Waals surface area contributed by atoms with Crippen LogP contribution >= 0.6 is 0 Å². The molecule has 2 rings (SSSR count). The maximum absolute atomic E-state index is 12.3. The molecule has 1 aromatic rings. The van der Waals surface area contributed by atoms with Gasteiger partial charge in [-0.25, -0.2) is 0 Å². The van der Waals surface area contributed by atoms with Crippen LogP contribution in [-0.4, -0.2) is 29.9 Å². The van der Waals surface area contributed by atoms with Gasteiger partial charge in [0.25, 0.3) is 0 Å². The Balaban J connectivity index is 1.92. The Bertz CT molecular complexity index is 444. The molecular weight excluding hydrogens is 250 g/mol. The second-order valence-corrected chi connectivity index (χ2v) is 5.81. The van der Waals surface area contributed by atoms with E-state index in [-0.39, 0.29) is 11.9 Å². The standard InChI is InChI=1S/C16H25N3O/c1-12-4-3-9-19(11-12)13(2)16(20)18-15-7-5-14(10-17)6-8-15/h5-8,12-13H,3-4,9-11,17H2,1-2H3,(H,18,20). The first kappa shape index (κ1) is 15.0. The first-order valence-corrected chi connectivity index (χ1v) is 7.44. The van der Waals surface area contributed by atoms with Gasteiger partial charge >= 0.3 is 0 Å². The summed E-state index contributed by atoms with van der Waals surface area (Å²) in [6.45, 7) is 6.80. The molecule has 2 atom stereocenters. The largest absolute Gasteiger partial charge is 0.326 e. The van der Waals surface area contributed by atoms with Gasteiger partial charge in [-0.3, -0.25) is 9.69 Å². The number of hydrogen-bond acceptors (Lipinski definition) is 3. The van der Waals surface area contributed by atoms with Crippen LogP contribution in [-0.2, 0) is 11.3 Å². The van der Waals surface area contributed by atoms with E-state index < -0.39 is 0 Å². The van der Waals surface area contributed by atoms with Crippen LogP contribution in [0, 0.1) is 5.92 Å². The normalized spacial score (nSPS) is 21.4. The van der Waals surface area contributed by atoms with Crippen molar-refractivity contribution in [1.82, 2.24) is 4.90 Å². The summed E-state index contributed by atoms with van der Waals surface area (Å²) in [5, 5.41) is 2.98. The summed E-state index contributed by atoms with van der Waals surface area (Å²) in [5.41, 5.74) is 7.47. The molecule has 1 aliphatic rings. The smallest absolute Gasteiger partial charge is 0.241 e. The maximum atomic E-state index is 12.3. The van der Waals surface area contributed by atoms with Crippen molar-refractivity contribution < 1.29 is 4.79 Å². The van der Waals surface area contributed by atoms with E-state index in [1.54, 1.807) is 0 Å². The Labute approximate surface area is 121 Å². The van der Waals surface area contributed by atoms with Gasteiger partial charge in [-0.05, 0) is 49.9 Å². The van der Waals surface area contributed by atoms with Crippen LogP contribution in [0.2, 0.25) is 0 Å². The Morgan fingerprint density at radius 3 is 2.75 bits per heavy atom. The minimum atomic E-state index is -0.0769. The SMILES string of the molecule is CC1CCCN(C(C)C(=O)Nc2ccc(CN)cc2)C1. The van der Waals surface area contributed by atoms with Gasteiger partial charge in [-0.2, -0.15) is 0 Å². The van der Waals surface area contributed by atoms with Crippen molar-refractivity contribution in [2.45, 2.75) is 39.3 Å². The van der Waals surface area contributed by atoms with E-state index in [1.807, 2.05) is 31.2 Å². The second kappa shape index (κ2) is 6.86. The van der Waals surface area contributed by atoms with Crippen LogP contribution < -0.4 is 11.1 Å². The van der Waals surface area contributed by atoms with Crippen molar-refractivity contribution in [2.24, 2.45) is 11.7 Å². The van der Waals surface area contributed by atoms with Gasteiger partial charge in [0.05, 0.1) is 6.04 Å². The molecule has 1 amide bonds. The van der Waals surface area contributed by atoms with Gasteiger partial charge in [0.15, 0.2) is 0 Å². The monoisotopic (exact) mass is 275 g/mol. The number of likely N-dealkylation sites (tertiary alicyclic amines) is 1. The van der Waals surface area contributed by atoms with E-state index in [9.17, 15) is 4.79 Å². The van der Waals surface area contributed by atoms with Gasteiger partial charge < -0.3 is 11.1 Å². The Kier molecular flexibility index (Phi) is 5.15. The van der Waals surface area contributed by atoms with Crippen LogP contribution in [0.15, 0.2) is 24.3 Å². The number of hydrogen-bond donors (Lipinski definition) is 2. The van der Waals surface area contributed by atoms with Crippen LogP contribution in [0.25, 0.3) is 0 Å². The number of carbonyl (C=O) groups excluding carboxylic acids is 1. The molecule has 0 spiro atoms. The third-order valence-electron chi connectivity index (χ3n) is 4.07. The number of nitrogens with one attached hydrogen (secondary N) is 1. The molecule has 0 aromatic heterocycles. The average molecular weight is 275 g/mol. The van der Waals surface area contributed by atoms with Crippen molar-refractivity contribution >= 4 is 11.6 Å². The second-order valence-electron chi connectivity index (χ2n) is 5.81. The topological polar surface area (TPSA) is 58.4 Å². The third kappa shape index (κ3) is 3.81. The fraction of sp³-hybridized carbons (Fsp3) is 0.562. The summed E-state index contributed by atoms with van der Waals surface area (Å²) in [5.74, 6) is 0.752. The van der Waals surface area contributed by atoms with E-state index in [1.165, 1.54) is 12.8 Å². The molecule has 2 unspecified atom stereocenters. The van der Waals surface area contributed by atoms with Crippen molar-refractivity contribution in [3.63, 3.8) is 0 Å². The lowest BCUT2D eigenvalue weighted by Crippen LogP contribution is -2.46. The number of carbonyl (C=O) groups is 1. The molecule has 0 saturated carbocycles. The molecule has 1 heterocycles. The first-order chi connectivity index (χ1) is 9.60. The number of rotatable bonds is 4. The number of anilines is 1. The molecule has 1 aromatic carbocycles. The molecule has 0 aliphatic carbocycles. The van der Waals surface area contributed by atoms with Crippen molar-refractivity contribution in [1.29, 1.82) is 0 Å². The summed E-state index contributed by atoms with van der Waals surface area (Å²) in [7, 11) is 0. The summed E-state index contributed by atoms with van der Waals surface area (Å²) >= 11 is 0. The lowest BCUT2D eigenvalue weighted by atomic mass is 9.99. The van der Waals surface area contributed by atoms with E-state index in [2.05, 4.69) is 17.1 Å². The Hall–Kier alpha value is -1.39. The van der Waals surface area contributed by atoms with E-state index in [0.717, 1.165) is 24.3 Å². The fourth-order valence-corrected chi connectivity index (χ4v) is 2.71. The number of amides is 1. The number of nitrogens with two attached hydrogens (primary N) is 1. The van der Waals surface area contributed by atoms with Gasteiger partial charge in [-0.1, -0.05) is 19.1 Å². The van der Waals surface area contributed by atoms with Crippen LogP contribution in [0.5, 0.6) is 0 Å². The molecule has 1 aliphatic heterocycles. The summed E-state index contributed by atoms with van der Waals surface area (Å²) in [6.07, 6.45) is 2.45. The Morgan fingerprint density at radius 1 is 1.45 bits per heavy atom. The lowest BCUT2D eigenvalue weighted by Gasteiger charge is -2.34. The Morgan fingerprint density at radius 2 is 2.15 bits per heavy atom. The third-order valence-corrected chi connectivity index (χ3v) is 4.07. The summed E-state index contributed by atoms with van der Waals surface area (Å²) in [6, 6.07) is 7.64. The van der Waals surface area contributed by atoms with E-state index in [4.69, 9.17) is 5.73 Å². The van der Waals surface area contributed by atoms with Crippen molar-refractivity contribution in [3.05, 3.63) is 29.8 Å². The van der Waals surface area contributed by atoms with Gasteiger partial charge in [0.2, 0.25) is 5.91 Å². The minimum Gasteiger partial charge on any atom is -0.326 e.